The Morgan fingerprint density at radius 1 is 1.11 bits per heavy atom. The second kappa shape index (κ2) is 8.48. The predicted molar refractivity (Wildman–Crippen MR) is 144 cm³/mol. The molecule has 0 bridgehead atoms. The predicted octanol–water partition coefficient (Wildman–Crippen LogP) is 5.48. The molecule has 36 heavy (non-hydrogen) atoms. The fourth-order valence-corrected chi connectivity index (χ4v) is 7.14. The molecule has 3 aliphatic heterocycles. The lowest BCUT2D eigenvalue weighted by atomic mass is 9.81. The Balaban J connectivity index is 1.29. The number of aromatic nitrogens is 2. The number of hydrogen-bond donors (Lipinski definition) is 0. The second-order valence-corrected chi connectivity index (χ2v) is 11.0. The van der Waals surface area contributed by atoms with Crippen molar-refractivity contribution in [2.75, 3.05) is 19.6 Å². The van der Waals surface area contributed by atoms with Gasteiger partial charge in [0, 0.05) is 38.3 Å². The van der Waals surface area contributed by atoms with Crippen LogP contribution in [0.3, 0.4) is 0 Å². The van der Waals surface area contributed by atoms with Crippen molar-refractivity contribution < 1.29 is 4.79 Å². The maximum Gasteiger partial charge on any atom is 0.325 e. The number of imidazole rings is 1. The number of para-hydroxylation sites is 2. The zero-order valence-corrected chi connectivity index (χ0v) is 22.2. The smallest absolute Gasteiger partial charge is 0.325 e. The summed E-state index contributed by atoms with van der Waals surface area (Å²) in [6, 6.07) is 13.1. The summed E-state index contributed by atoms with van der Waals surface area (Å²) < 4.78 is 2.22. The number of likely N-dealkylation sites (N-methyl/N-ethyl adjacent to an activating group) is 1. The van der Waals surface area contributed by atoms with Crippen molar-refractivity contribution in [1.29, 1.82) is 0 Å². The van der Waals surface area contributed by atoms with Crippen molar-refractivity contribution in [2.24, 2.45) is 7.05 Å². The number of likely N-dealkylation sites (tertiary alicyclic amines) is 1. The number of carbonyl (C=O) groups is 1. The van der Waals surface area contributed by atoms with Crippen LogP contribution in [0.25, 0.3) is 11.0 Å². The van der Waals surface area contributed by atoms with Gasteiger partial charge in [-0.3, -0.25) is 9.80 Å². The third-order valence-corrected chi connectivity index (χ3v) is 8.80. The Kier molecular flexibility index (Phi) is 5.48. The van der Waals surface area contributed by atoms with E-state index >= 15 is 0 Å². The van der Waals surface area contributed by atoms with Crippen LogP contribution >= 0.6 is 0 Å². The molecule has 0 N–H and O–H groups in total. The Morgan fingerprint density at radius 2 is 1.86 bits per heavy atom. The van der Waals surface area contributed by atoms with Gasteiger partial charge in [-0.1, -0.05) is 42.8 Å². The van der Waals surface area contributed by atoms with Crippen LogP contribution in [0.5, 0.6) is 0 Å². The molecule has 2 fully saturated rings. The number of allylic oxidation sites excluding steroid dienone is 1. The van der Waals surface area contributed by atoms with Gasteiger partial charge in [-0.15, -0.1) is 0 Å². The molecule has 0 saturated carbocycles. The van der Waals surface area contributed by atoms with E-state index in [0.717, 1.165) is 50.4 Å². The van der Waals surface area contributed by atoms with Gasteiger partial charge in [0.15, 0.2) is 0 Å². The molecule has 0 radical (unpaired) electrons. The summed E-state index contributed by atoms with van der Waals surface area (Å²) in [6.07, 6.45) is 4.32. The molecular formula is C30H37N5O. The molecular weight excluding hydrogens is 446 g/mol. The van der Waals surface area contributed by atoms with Crippen LogP contribution in [0.15, 0.2) is 48.2 Å². The van der Waals surface area contributed by atoms with Crippen LogP contribution in [0.4, 0.5) is 4.79 Å². The first-order chi connectivity index (χ1) is 17.3. The number of amides is 2. The van der Waals surface area contributed by atoms with Gasteiger partial charge in [-0.2, -0.15) is 0 Å². The van der Waals surface area contributed by atoms with Crippen molar-refractivity contribution in [3.63, 3.8) is 0 Å². The van der Waals surface area contributed by atoms with Gasteiger partial charge in [0.2, 0.25) is 0 Å². The van der Waals surface area contributed by atoms with Crippen LogP contribution < -0.4 is 0 Å². The number of piperidine rings is 1. The minimum Gasteiger partial charge on any atom is -0.330 e. The van der Waals surface area contributed by atoms with Crippen LogP contribution in [-0.4, -0.2) is 55.5 Å². The summed E-state index contributed by atoms with van der Waals surface area (Å²) in [7, 11) is 2.11. The van der Waals surface area contributed by atoms with Crippen molar-refractivity contribution in [3.8, 4) is 0 Å². The fourth-order valence-electron chi connectivity index (χ4n) is 7.14. The van der Waals surface area contributed by atoms with Crippen molar-refractivity contribution in [2.45, 2.75) is 65.1 Å². The third-order valence-electron chi connectivity index (χ3n) is 8.80. The van der Waals surface area contributed by atoms with Gasteiger partial charge < -0.3 is 9.47 Å². The summed E-state index contributed by atoms with van der Waals surface area (Å²) in [6.45, 7) is 13.0. The molecule has 6 nitrogen and oxygen atoms in total. The van der Waals surface area contributed by atoms with Gasteiger partial charge in [0.1, 0.15) is 5.82 Å². The zero-order chi connectivity index (χ0) is 25.2. The molecule has 1 atom stereocenters. The quantitative estimate of drug-likeness (QED) is 0.495. The number of benzene rings is 2. The van der Waals surface area contributed by atoms with E-state index in [0.29, 0.717) is 12.5 Å². The van der Waals surface area contributed by atoms with Gasteiger partial charge in [0.25, 0.3) is 0 Å². The normalized spacial score (nSPS) is 21.6. The highest BCUT2D eigenvalue weighted by atomic mass is 16.2. The highest BCUT2D eigenvalue weighted by Crippen LogP contribution is 2.47. The minimum absolute atomic E-state index is 0.173. The van der Waals surface area contributed by atoms with Crippen LogP contribution in [0.1, 0.15) is 60.7 Å². The minimum atomic E-state index is -0.214. The van der Waals surface area contributed by atoms with Crippen LogP contribution in [0, 0.1) is 13.8 Å². The van der Waals surface area contributed by atoms with Gasteiger partial charge in [-0.05, 0) is 62.4 Å². The van der Waals surface area contributed by atoms with E-state index in [-0.39, 0.29) is 11.6 Å². The van der Waals surface area contributed by atoms with E-state index in [1.807, 2.05) is 0 Å². The monoisotopic (exact) mass is 483 g/mol. The lowest BCUT2D eigenvalue weighted by Crippen LogP contribution is -2.53. The molecule has 2 amide bonds. The standard InChI is InChI=1S/C30H37N5O/c1-6-35-29(36)34-18-23-16-20(2)15-21(3)28(23)22(4)17-26(34)30(35)11-13-33(14-12-30)19-27-31-24-9-7-8-10-25(24)32(27)5/h7-10,15-17,22H,6,11-14,18-19H2,1-5H3/t22-/m0/s1. The number of aryl methyl sites for hydroxylation is 3. The van der Waals surface area contributed by atoms with E-state index in [9.17, 15) is 4.79 Å². The molecule has 188 valence electrons. The molecule has 4 heterocycles. The number of rotatable bonds is 3. The van der Waals surface area contributed by atoms with Gasteiger partial charge in [0.05, 0.1) is 29.7 Å². The number of urea groups is 1. The van der Waals surface area contributed by atoms with Crippen molar-refractivity contribution >= 4 is 17.1 Å². The van der Waals surface area contributed by atoms with E-state index in [4.69, 9.17) is 4.98 Å². The summed E-state index contributed by atoms with van der Waals surface area (Å²) in [5.41, 5.74) is 8.55. The summed E-state index contributed by atoms with van der Waals surface area (Å²) in [5.74, 6) is 1.40. The molecule has 2 saturated heterocycles. The molecule has 0 unspecified atom stereocenters. The fraction of sp³-hybridized carbons (Fsp3) is 0.467. The first kappa shape index (κ1) is 23.3. The van der Waals surface area contributed by atoms with Crippen molar-refractivity contribution in [1.82, 2.24) is 24.3 Å². The topological polar surface area (TPSA) is 44.6 Å². The maximum atomic E-state index is 13.8. The maximum absolute atomic E-state index is 13.8. The zero-order valence-electron chi connectivity index (χ0n) is 22.2. The van der Waals surface area contributed by atoms with Crippen LogP contribution in [-0.2, 0) is 20.1 Å². The highest BCUT2D eigenvalue weighted by molar-refractivity contribution is 5.83. The van der Waals surface area contributed by atoms with Gasteiger partial charge in [-0.25, -0.2) is 9.78 Å². The van der Waals surface area contributed by atoms with Crippen LogP contribution in [0.2, 0.25) is 0 Å². The highest BCUT2D eigenvalue weighted by Gasteiger charge is 2.54. The molecule has 1 spiro atoms. The number of carbonyl (C=O) groups excluding carboxylic acids is 1. The summed E-state index contributed by atoms with van der Waals surface area (Å²) >= 11 is 0. The first-order valence-electron chi connectivity index (χ1n) is 13.4. The molecule has 3 aromatic rings. The Hall–Kier alpha value is -3.12. The Bertz CT molecular complexity index is 1380. The lowest BCUT2D eigenvalue weighted by Gasteiger charge is -2.44. The second-order valence-electron chi connectivity index (χ2n) is 11.0. The molecule has 2 aromatic carbocycles. The van der Waals surface area contributed by atoms with Gasteiger partial charge >= 0.3 is 6.03 Å². The average molecular weight is 484 g/mol. The molecule has 6 rings (SSSR count). The Labute approximate surface area is 214 Å². The largest absolute Gasteiger partial charge is 0.330 e. The first-order valence-corrected chi connectivity index (χ1v) is 13.4. The van der Waals surface area contributed by atoms with E-state index in [2.05, 4.69) is 96.5 Å². The molecule has 6 heteroatoms. The number of hydrogen-bond acceptors (Lipinski definition) is 3. The van der Waals surface area contributed by atoms with E-state index < -0.39 is 0 Å². The third kappa shape index (κ3) is 3.41. The Morgan fingerprint density at radius 3 is 2.58 bits per heavy atom. The lowest BCUT2D eigenvalue weighted by molar-refractivity contribution is 0.0871. The average Bonchev–Trinajstić information content (AvgIpc) is 3.19. The summed E-state index contributed by atoms with van der Waals surface area (Å²) in [4.78, 5) is 25.4. The van der Waals surface area contributed by atoms with Crippen molar-refractivity contribution in [3.05, 3.63) is 76.2 Å². The number of fused-ring (bicyclic) bond motifs is 4. The molecule has 1 aromatic heterocycles. The van der Waals surface area contributed by atoms with E-state index in [1.165, 1.54) is 33.5 Å². The SMILES string of the molecule is CCN1C(=O)N2Cc3cc(C)cc(C)c3[C@@H](C)C=C2C12CCN(Cc1nc3ccccc3n1C)CC2. The number of nitrogens with zero attached hydrogens (tertiary/aromatic N) is 5. The summed E-state index contributed by atoms with van der Waals surface area (Å²) in [5, 5.41) is 0. The van der Waals surface area contributed by atoms with E-state index in [1.54, 1.807) is 0 Å². The molecule has 3 aliphatic rings. The molecule has 0 aliphatic carbocycles.